The van der Waals surface area contributed by atoms with Crippen LogP contribution in [0.15, 0.2) is 0 Å². The van der Waals surface area contributed by atoms with Crippen LogP contribution in [0.4, 0.5) is 0 Å². The third-order valence-electron chi connectivity index (χ3n) is 2.61. The molecule has 1 fully saturated rings. The van der Waals surface area contributed by atoms with Crippen LogP contribution in [0.2, 0.25) is 0 Å². The third kappa shape index (κ3) is 2.20. The summed E-state index contributed by atoms with van der Waals surface area (Å²) in [6.07, 6.45) is 0.778. The first kappa shape index (κ1) is 10.0. The summed E-state index contributed by atoms with van der Waals surface area (Å²) in [6, 6.07) is 0. The van der Waals surface area contributed by atoms with E-state index in [1.165, 1.54) is 0 Å². The van der Waals surface area contributed by atoms with E-state index >= 15 is 0 Å². The van der Waals surface area contributed by atoms with Gasteiger partial charge in [0.25, 0.3) is 0 Å². The van der Waals surface area contributed by atoms with E-state index in [1.807, 2.05) is 6.92 Å². The molecule has 1 N–H and O–H groups in total. The van der Waals surface area contributed by atoms with Crippen molar-refractivity contribution in [3.05, 3.63) is 0 Å². The predicted molar refractivity (Wildman–Crippen MR) is 49.0 cm³/mol. The van der Waals surface area contributed by atoms with Gasteiger partial charge in [-0.3, -0.25) is 0 Å². The summed E-state index contributed by atoms with van der Waals surface area (Å²) in [4.78, 5) is 0. The second-order valence-electron chi connectivity index (χ2n) is 4.65. The molecule has 0 bridgehead atoms. The fourth-order valence-electron chi connectivity index (χ4n) is 1.76. The van der Waals surface area contributed by atoms with Crippen molar-refractivity contribution in [1.29, 1.82) is 0 Å². The van der Waals surface area contributed by atoms with Gasteiger partial charge in [-0.25, -0.2) is 0 Å². The molecule has 72 valence electrons. The van der Waals surface area contributed by atoms with Crippen LogP contribution < -0.4 is 0 Å². The van der Waals surface area contributed by atoms with E-state index < -0.39 is 0 Å². The molecule has 1 saturated heterocycles. The Morgan fingerprint density at radius 2 is 1.92 bits per heavy atom. The summed E-state index contributed by atoms with van der Waals surface area (Å²) in [6.45, 7) is 9.15. The Balaban J connectivity index is 2.36. The lowest BCUT2D eigenvalue weighted by Gasteiger charge is -2.23. The molecule has 0 aliphatic carbocycles. The van der Waals surface area contributed by atoms with E-state index in [-0.39, 0.29) is 11.7 Å². The molecule has 3 atom stereocenters. The van der Waals surface area contributed by atoms with Crippen molar-refractivity contribution >= 4 is 0 Å². The van der Waals surface area contributed by atoms with Crippen molar-refractivity contribution in [3.63, 3.8) is 0 Å². The lowest BCUT2D eigenvalue weighted by atomic mass is 9.87. The van der Waals surface area contributed by atoms with E-state index in [0.29, 0.717) is 11.8 Å². The van der Waals surface area contributed by atoms with Gasteiger partial charge in [-0.2, -0.15) is 0 Å². The second-order valence-corrected chi connectivity index (χ2v) is 4.65. The first-order chi connectivity index (χ1) is 5.46. The van der Waals surface area contributed by atoms with Crippen LogP contribution in [0, 0.1) is 11.8 Å². The number of aliphatic hydroxyl groups excluding tert-OH is 1. The van der Waals surface area contributed by atoms with Gasteiger partial charge >= 0.3 is 0 Å². The first-order valence-electron chi connectivity index (χ1n) is 4.78. The molecular formula is C10H20O2. The number of hydrogen-bond acceptors (Lipinski definition) is 2. The molecule has 1 rings (SSSR count). The Hall–Kier alpha value is -0.0800. The molecule has 0 unspecified atom stereocenters. The van der Waals surface area contributed by atoms with Crippen molar-refractivity contribution < 1.29 is 9.84 Å². The minimum Gasteiger partial charge on any atom is -0.390 e. The zero-order chi connectivity index (χ0) is 9.35. The zero-order valence-corrected chi connectivity index (χ0v) is 8.50. The number of aliphatic hydroxyl groups is 1. The third-order valence-corrected chi connectivity index (χ3v) is 2.61. The normalized spacial score (nSPS) is 33.5. The summed E-state index contributed by atoms with van der Waals surface area (Å²) in [5.74, 6) is 0.995. The molecule has 1 aliphatic rings. The van der Waals surface area contributed by atoms with Crippen LogP contribution in [-0.2, 0) is 4.74 Å². The highest BCUT2D eigenvalue weighted by molar-refractivity contribution is 4.96. The second kappa shape index (κ2) is 3.35. The summed E-state index contributed by atoms with van der Waals surface area (Å²) in [5, 5.41) is 9.84. The average molecular weight is 172 g/mol. The molecule has 0 aromatic rings. The minimum absolute atomic E-state index is 0.228. The molecule has 1 aliphatic heterocycles. The first-order valence-corrected chi connectivity index (χ1v) is 4.78. The van der Waals surface area contributed by atoms with Gasteiger partial charge in [0.05, 0.1) is 12.7 Å². The molecule has 0 aromatic carbocycles. The quantitative estimate of drug-likeness (QED) is 0.656. The van der Waals surface area contributed by atoms with Crippen molar-refractivity contribution in [2.75, 3.05) is 6.61 Å². The molecule has 2 heteroatoms. The Bertz CT molecular complexity index is 150. The van der Waals surface area contributed by atoms with Gasteiger partial charge in [0.2, 0.25) is 0 Å². The van der Waals surface area contributed by atoms with Gasteiger partial charge in [-0.05, 0) is 25.2 Å². The molecule has 0 radical (unpaired) electrons. The van der Waals surface area contributed by atoms with Crippen LogP contribution in [0.1, 0.15) is 34.1 Å². The topological polar surface area (TPSA) is 32.8 Å². The standard InChI is InChI=1S/C10H20O2/c1-7(2)5-8(3)9(11)10(4)6-12-10/h7-9,11H,5-6H2,1-4H3/t8-,9-,10+/m0/s1. The Morgan fingerprint density at radius 3 is 2.25 bits per heavy atom. The maximum Gasteiger partial charge on any atom is 0.115 e. The summed E-state index contributed by atoms with van der Waals surface area (Å²) < 4.78 is 5.21. The molecule has 0 amide bonds. The van der Waals surface area contributed by atoms with Crippen molar-refractivity contribution in [3.8, 4) is 0 Å². The lowest BCUT2D eigenvalue weighted by Crippen LogP contribution is -2.33. The minimum atomic E-state index is -0.292. The SMILES string of the molecule is CC(C)C[C@H](C)[C@H](O)[C@@]1(C)CO1. The highest BCUT2D eigenvalue weighted by Crippen LogP contribution is 2.35. The highest BCUT2D eigenvalue weighted by Gasteiger charge is 2.48. The van der Waals surface area contributed by atoms with E-state index in [9.17, 15) is 5.11 Å². The molecule has 1 heterocycles. The van der Waals surface area contributed by atoms with Crippen LogP contribution in [0.5, 0.6) is 0 Å². The van der Waals surface area contributed by atoms with Crippen LogP contribution >= 0.6 is 0 Å². The maximum atomic E-state index is 9.84. The van der Waals surface area contributed by atoms with Gasteiger partial charge in [0, 0.05) is 0 Å². The van der Waals surface area contributed by atoms with Crippen molar-refractivity contribution in [2.45, 2.75) is 45.8 Å². The smallest absolute Gasteiger partial charge is 0.115 e. The molecule has 12 heavy (non-hydrogen) atoms. The zero-order valence-electron chi connectivity index (χ0n) is 8.50. The van der Waals surface area contributed by atoms with E-state index in [2.05, 4.69) is 20.8 Å². The van der Waals surface area contributed by atoms with Gasteiger partial charge in [-0.1, -0.05) is 20.8 Å². The summed E-state index contributed by atoms with van der Waals surface area (Å²) >= 11 is 0. The number of epoxide rings is 1. The van der Waals surface area contributed by atoms with Crippen molar-refractivity contribution in [1.82, 2.24) is 0 Å². The molecule has 0 aromatic heterocycles. The van der Waals surface area contributed by atoms with Gasteiger partial charge < -0.3 is 9.84 Å². The van der Waals surface area contributed by atoms with Crippen LogP contribution in [0.25, 0.3) is 0 Å². The number of ether oxygens (including phenoxy) is 1. The van der Waals surface area contributed by atoms with Gasteiger partial charge in [0.1, 0.15) is 5.60 Å². The largest absolute Gasteiger partial charge is 0.390 e. The fraction of sp³-hybridized carbons (Fsp3) is 1.00. The number of hydrogen-bond donors (Lipinski definition) is 1. The highest BCUT2D eigenvalue weighted by atomic mass is 16.6. The van der Waals surface area contributed by atoms with E-state index in [4.69, 9.17) is 4.74 Å². The molecule has 0 spiro atoms. The van der Waals surface area contributed by atoms with Crippen molar-refractivity contribution in [2.24, 2.45) is 11.8 Å². The van der Waals surface area contributed by atoms with Gasteiger partial charge in [-0.15, -0.1) is 0 Å². The van der Waals surface area contributed by atoms with Crippen LogP contribution in [-0.4, -0.2) is 23.4 Å². The molecule has 0 saturated carbocycles. The Morgan fingerprint density at radius 1 is 1.42 bits per heavy atom. The Kier molecular flexibility index (Phi) is 2.79. The molecular weight excluding hydrogens is 152 g/mol. The van der Waals surface area contributed by atoms with E-state index in [0.717, 1.165) is 13.0 Å². The maximum absolute atomic E-state index is 9.84. The predicted octanol–water partition coefficient (Wildman–Crippen LogP) is 1.82. The Labute approximate surface area is 74.9 Å². The fourth-order valence-corrected chi connectivity index (χ4v) is 1.76. The van der Waals surface area contributed by atoms with Crippen LogP contribution in [0.3, 0.4) is 0 Å². The van der Waals surface area contributed by atoms with E-state index in [1.54, 1.807) is 0 Å². The lowest BCUT2D eigenvalue weighted by molar-refractivity contribution is 0.0336. The summed E-state index contributed by atoms with van der Waals surface area (Å²) in [7, 11) is 0. The molecule has 2 nitrogen and oxygen atoms in total. The van der Waals surface area contributed by atoms with Gasteiger partial charge in [0.15, 0.2) is 0 Å². The average Bonchev–Trinajstić information content (AvgIpc) is 2.66. The number of rotatable bonds is 4. The monoisotopic (exact) mass is 172 g/mol. The summed E-state index contributed by atoms with van der Waals surface area (Å²) in [5.41, 5.74) is -0.228.